The van der Waals surface area contributed by atoms with E-state index in [1.807, 2.05) is 13.1 Å². The summed E-state index contributed by atoms with van der Waals surface area (Å²) in [5.41, 5.74) is 1.06. The number of aromatic nitrogens is 2. The maximum atomic E-state index is 11.4. The minimum atomic E-state index is 0.0922. The second-order valence-electron chi connectivity index (χ2n) is 4.34. The Balaban J connectivity index is 2.31. The summed E-state index contributed by atoms with van der Waals surface area (Å²) in [6.07, 6.45) is 2.20. The maximum absolute atomic E-state index is 11.4. The average molecular weight is 266 g/mol. The number of aliphatic imine (C=N–C) groups is 1. The van der Waals surface area contributed by atoms with Gasteiger partial charge in [0.2, 0.25) is 5.91 Å². The van der Waals surface area contributed by atoms with E-state index in [0.717, 1.165) is 5.69 Å². The molecule has 7 heteroatoms. The van der Waals surface area contributed by atoms with Crippen LogP contribution in [0.1, 0.15) is 12.1 Å². The molecule has 7 nitrogen and oxygen atoms in total. The second-order valence-corrected chi connectivity index (χ2v) is 4.34. The normalized spacial score (nSPS) is 11.3. The first kappa shape index (κ1) is 15.0. The highest BCUT2D eigenvalue weighted by atomic mass is 16.2. The molecule has 0 saturated heterocycles. The fourth-order valence-corrected chi connectivity index (χ4v) is 1.48. The minimum absolute atomic E-state index is 0.0922. The first-order valence-corrected chi connectivity index (χ1v) is 6.16. The Labute approximate surface area is 113 Å². The van der Waals surface area contributed by atoms with E-state index in [4.69, 9.17) is 0 Å². The minimum Gasteiger partial charge on any atom is -0.356 e. The Morgan fingerprint density at radius 1 is 1.47 bits per heavy atom. The van der Waals surface area contributed by atoms with Crippen LogP contribution in [0, 0.1) is 0 Å². The van der Waals surface area contributed by atoms with E-state index in [1.165, 1.54) is 0 Å². The van der Waals surface area contributed by atoms with Gasteiger partial charge in [0.15, 0.2) is 5.96 Å². The number of aryl methyl sites for hydroxylation is 1. The molecule has 0 spiro atoms. The highest BCUT2D eigenvalue weighted by Crippen LogP contribution is 1.94. The van der Waals surface area contributed by atoms with Crippen molar-refractivity contribution in [3.05, 3.63) is 18.0 Å². The van der Waals surface area contributed by atoms with E-state index < -0.39 is 0 Å². The van der Waals surface area contributed by atoms with Gasteiger partial charge in [-0.3, -0.25) is 14.5 Å². The van der Waals surface area contributed by atoms with E-state index in [1.54, 1.807) is 36.9 Å². The summed E-state index contributed by atoms with van der Waals surface area (Å²) >= 11 is 0. The molecule has 106 valence electrons. The van der Waals surface area contributed by atoms with E-state index in [-0.39, 0.29) is 5.91 Å². The van der Waals surface area contributed by atoms with Crippen molar-refractivity contribution in [3.63, 3.8) is 0 Å². The Morgan fingerprint density at radius 3 is 2.74 bits per heavy atom. The molecule has 0 aliphatic heterocycles. The molecule has 0 saturated carbocycles. The van der Waals surface area contributed by atoms with E-state index in [9.17, 15) is 4.79 Å². The van der Waals surface area contributed by atoms with Gasteiger partial charge < -0.3 is 15.5 Å². The zero-order valence-electron chi connectivity index (χ0n) is 12.0. The number of nitrogens with zero attached hydrogens (tertiary/aromatic N) is 4. The van der Waals surface area contributed by atoms with Crippen LogP contribution in [-0.4, -0.2) is 54.2 Å². The summed E-state index contributed by atoms with van der Waals surface area (Å²) < 4.78 is 1.80. The van der Waals surface area contributed by atoms with Gasteiger partial charge in [-0.2, -0.15) is 5.10 Å². The molecule has 0 atom stereocenters. The molecule has 1 rings (SSSR count). The van der Waals surface area contributed by atoms with E-state index in [0.29, 0.717) is 25.5 Å². The van der Waals surface area contributed by atoms with Crippen molar-refractivity contribution in [3.8, 4) is 0 Å². The van der Waals surface area contributed by atoms with Crippen LogP contribution in [0.25, 0.3) is 0 Å². The molecule has 0 unspecified atom stereocenters. The van der Waals surface area contributed by atoms with Crippen molar-refractivity contribution < 1.29 is 4.79 Å². The Bertz CT molecular complexity index is 437. The first-order valence-electron chi connectivity index (χ1n) is 6.16. The topological polar surface area (TPSA) is 74.6 Å². The summed E-state index contributed by atoms with van der Waals surface area (Å²) in [6.45, 7) is 1.19. The summed E-state index contributed by atoms with van der Waals surface area (Å²) in [6, 6.07) is 1.94. The third kappa shape index (κ3) is 4.99. The van der Waals surface area contributed by atoms with Gasteiger partial charge in [-0.25, -0.2) is 0 Å². The van der Waals surface area contributed by atoms with Gasteiger partial charge in [0.25, 0.3) is 0 Å². The van der Waals surface area contributed by atoms with Gasteiger partial charge >= 0.3 is 0 Å². The number of rotatable bonds is 5. The quantitative estimate of drug-likeness (QED) is 0.560. The molecule has 1 aromatic heterocycles. The zero-order chi connectivity index (χ0) is 14.3. The highest BCUT2D eigenvalue weighted by Gasteiger charge is 2.05. The van der Waals surface area contributed by atoms with Crippen LogP contribution in [0.4, 0.5) is 0 Å². The van der Waals surface area contributed by atoms with Crippen LogP contribution in [0.15, 0.2) is 17.3 Å². The lowest BCUT2D eigenvalue weighted by Crippen LogP contribution is -2.39. The van der Waals surface area contributed by atoms with Crippen LogP contribution in [0.5, 0.6) is 0 Å². The van der Waals surface area contributed by atoms with Gasteiger partial charge in [-0.1, -0.05) is 0 Å². The van der Waals surface area contributed by atoms with Crippen molar-refractivity contribution >= 4 is 11.9 Å². The Kier molecular flexibility index (Phi) is 5.84. The number of hydrogen-bond donors (Lipinski definition) is 2. The lowest BCUT2D eigenvalue weighted by molar-refractivity contribution is -0.128. The van der Waals surface area contributed by atoms with Crippen molar-refractivity contribution in [2.45, 2.75) is 13.0 Å². The predicted molar refractivity (Wildman–Crippen MR) is 74.7 cm³/mol. The Hall–Kier alpha value is -2.05. The van der Waals surface area contributed by atoms with Crippen LogP contribution >= 0.6 is 0 Å². The number of guanidine groups is 1. The van der Waals surface area contributed by atoms with Crippen LogP contribution < -0.4 is 10.6 Å². The highest BCUT2D eigenvalue weighted by molar-refractivity contribution is 5.81. The van der Waals surface area contributed by atoms with Crippen LogP contribution in [0.3, 0.4) is 0 Å². The third-order valence-corrected chi connectivity index (χ3v) is 2.71. The standard InChI is InChI=1S/C12H22N6O/c1-13-12(14-7-6-11(19)17(2)3)15-9-10-5-8-16-18(10)4/h5,8H,6-7,9H2,1-4H3,(H2,13,14,15). The van der Waals surface area contributed by atoms with Crippen molar-refractivity contribution in [2.75, 3.05) is 27.7 Å². The number of nitrogens with one attached hydrogen (secondary N) is 2. The summed E-state index contributed by atoms with van der Waals surface area (Å²) in [5, 5.41) is 10.4. The largest absolute Gasteiger partial charge is 0.356 e. The fourth-order valence-electron chi connectivity index (χ4n) is 1.48. The molecule has 0 fully saturated rings. The summed E-state index contributed by atoms with van der Waals surface area (Å²) in [7, 11) is 7.09. The monoisotopic (exact) mass is 266 g/mol. The molecular formula is C12H22N6O. The first-order chi connectivity index (χ1) is 9.04. The van der Waals surface area contributed by atoms with Gasteiger partial charge in [-0.15, -0.1) is 0 Å². The van der Waals surface area contributed by atoms with Gasteiger partial charge in [0, 0.05) is 47.4 Å². The van der Waals surface area contributed by atoms with Crippen molar-refractivity contribution in [1.82, 2.24) is 25.3 Å². The van der Waals surface area contributed by atoms with Crippen molar-refractivity contribution in [1.29, 1.82) is 0 Å². The molecule has 2 N–H and O–H groups in total. The smallest absolute Gasteiger partial charge is 0.223 e. The summed E-state index contributed by atoms with van der Waals surface area (Å²) in [4.78, 5) is 17.1. The fraction of sp³-hybridized carbons (Fsp3) is 0.583. The van der Waals surface area contributed by atoms with Crippen LogP contribution in [0.2, 0.25) is 0 Å². The average Bonchev–Trinajstić information content (AvgIpc) is 2.78. The molecule has 0 aromatic carbocycles. The number of amides is 1. The molecule has 0 aliphatic carbocycles. The molecule has 19 heavy (non-hydrogen) atoms. The Morgan fingerprint density at radius 2 is 2.21 bits per heavy atom. The number of hydrogen-bond acceptors (Lipinski definition) is 3. The number of carbonyl (C=O) groups is 1. The molecule has 1 amide bonds. The predicted octanol–water partition coefficient (Wildman–Crippen LogP) is -0.437. The molecule has 1 heterocycles. The van der Waals surface area contributed by atoms with Crippen molar-refractivity contribution in [2.24, 2.45) is 12.0 Å². The van der Waals surface area contributed by atoms with Gasteiger partial charge in [0.05, 0.1) is 12.2 Å². The van der Waals surface area contributed by atoms with E-state index in [2.05, 4.69) is 20.7 Å². The zero-order valence-corrected chi connectivity index (χ0v) is 12.0. The molecule has 1 aromatic rings. The van der Waals surface area contributed by atoms with Gasteiger partial charge in [0.1, 0.15) is 0 Å². The van der Waals surface area contributed by atoms with Crippen LogP contribution in [-0.2, 0) is 18.4 Å². The second kappa shape index (κ2) is 7.40. The lowest BCUT2D eigenvalue weighted by atomic mass is 10.4. The third-order valence-electron chi connectivity index (χ3n) is 2.71. The SMILES string of the molecule is CN=C(NCCC(=O)N(C)C)NCc1ccnn1C. The number of carbonyl (C=O) groups excluding carboxylic acids is 1. The summed E-state index contributed by atoms with van der Waals surface area (Å²) in [5.74, 6) is 0.766. The lowest BCUT2D eigenvalue weighted by Gasteiger charge is -2.13. The maximum Gasteiger partial charge on any atom is 0.223 e. The molecule has 0 radical (unpaired) electrons. The van der Waals surface area contributed by atoms with E-state index >= 15 is 0 Å². The molecule has 0 bridgehead atoms. The molecule has 0 aliphatic rings. The van der Waals surface area contributed by atoms with Gasteiger partial charge in [-0.05, 0) is 6.07 Å². The molecular weight excluding hydrogens is 244 g/mol.